The van der Waals surface area contributed by atoms with Gasteiger partial charge in [0.1, 0.15) is 0 Å². The van der Waals surface area contributed by atoms with Crippen LogP contribution in [0.25, 0.3) is 0 Å². The summed E-state index contributed by atoms with van der Waals surface area (Å²) in [5.41, 5.74) is 1.11. The predicted octanol–water partition coefficient (Wildman–Crippen LogP) is 1.29. The van der Waals surface area contributed by atoms with Crippen molar-refractivity contribution in [2.75, 3.05) is 19.7 Å². The van der Waals surface area contributed by atoms with E-state index in [0.29, 0.717) is 19.7 Å². The highest BCUT2D eigenvalue weighted by molar-refractivity contribution is 5.81. The van der Waals surface area contributed by atoms with E-state index in [2.05, 4.69) is 15.3 Å². The maximum absolute atomic E-state index is 12.4. The molecule has 128 valence electrons. The molecule has 1 amide bonds. The second kappa shape index (κ2) is 8.08. The SMILES string of the molecule is C[C@H](C(=O)NCc1ccccc1)N1CCO[C@@H](Cn2cccn2)C1. The molecule has 0 unspecified atom stereocenters. The molecule has 2 atom stereocenters. The molecule has 0 saturated carbocycles. The van der Waals surface area contributed by atoms with E-state index in [4.69, 9.17) is 4.74 Å². The molecule has 6 heteroatoms. The Morgan fingerprint density at radius 2 is 2.21 bits per heavy atom. The number of nitrogens with one attached hydrogen (secondary N) is 1. The zero-order valence-electron chi connectivity index (χ0n) is 14.0. The molecule has 1 aliphatic rings. The first kappa shape index (κ1) is 16.7. The number of carbonyl (C=O) groups is 1. The second-order valence-electron chi connectivity index (χ2n) is 6.10. The third-order valence-corrected chi connectivity index (χ3v) is 4.36. The van der Waals surface area contributed by atoms with E-state index in [-0.39, 0.29) is 18.1 Å². The molecule has 0 aliphatic carbocycles. The summed E-state index contributed by atoms with van der Waals surface area (Å²) in [5, 5.41) is 7.23. The summed E-state index contributed by atoms with van der Waals surface area (Å²) < 4.78 is 7.68. The molecule has 2 aromatic rings. The van der Waals surface area contributed by atoms with Crippen molar-refractivity contribution in [1.82, 2.24) is 20.0 Å². The molecule has 1 aliphatic heterocycles. The Morgan fingerprint density at radius 1 is 1.38 bits per heavy atom. The Hall–Kier alpha value is -2.18. The van der Waals surface area contributed by atoms with Crippen LogP contribution in [0.2, 0.25) is 0 Å². The fraction of sp³-hybridized carbons (Fsp3) is 0.444. The van der Waals surface area contributed by atoms with Gasteiger partial charge in [0.2, 0.25) is 5.91 Å². The van der Waals surface area contributed by atoms with Gasteiger partial charge in [0, 0.05) is 32.0 Å². The molecule has 0 bridgehead atoms. The lowest BCUT2D eigenvalue weighted by Gasteiger charge is -2.36. The summed E-state index contributed by atoms with van der Waals surface area (Å²) >= 11 is 0. The van der Waals surface area contributed by atoms with Crippen molar-refractivity contribution in [1.29, 1.82) is 0 Å². The van der Waals surface area contributed by atoms with Gasteiger partial charge < -0.3 is 10.1 Å². The number of aromatic nitrogens is 2. The molecule has 1 N–H and O–H groups in total. The van der Waals surface area contributed by atoms with Gasteiger partial charge in [-0.3, -0.25) is 14.4 Å². The molecule has 2 heterocycles. The number of hydrogen-bond acceptors (Lipinski definition) is 4. The van der Waals surface area contributed by atoms with Crippen LogP contribution < -0.4 is 5.32 Å². The van der Waals surface area contributed by atoms with Crippen LogP contribution in [-0.2, 0) is 22.6 Å². The van der Waals surface area contributed by atoms with Crippen LogP contribution >= 0.6 is 0 Å². The molecule has 24 heavy (non-hydrogen) atoms. The van der Waals surface area contributed by atoms with Crippen molar-refractivity contribution in [2.24, 2.45) is 0 Å². The maximum atomic E-state index is 12.4. The highest BCUT2D eigenvalue weighted by Gasteiger charge is 2.28. The molecule has 1 aromatic carbocycles. The van der Waals surface area contributed by atoms with Crippen molar-refractivity contribution < 1.29 is 9.53 Å². The molecule has 3 rings (SSSR count). The van der Waals surface area contributed by atoms with Crippen LogP contribution in [0, 0.1) is 0 Å². The monoisotopic (exact) mass is 328 g/mol. The third-order valence-electron chi connectivity index (χ3n) is 4.36. The van der Waals surface area contributed by atoms with Gasteiger partial charge in [-0.2, -0.15) is 5.10 Å². The van der Waals surface area contributed by atoms with Crippen LogP contribution in [0.5, 0.6) is 0 Å². The lowest BCUT2D eigenvalue weighted by atomic mass is 10.2. The van der Waals surface area contributed by atoms with Gasteiger partial charge in [0.15, 0.2) is 0 Å². The lowest BCUT2D eigenvalue weighted by Crippen LogP contribution is -2.52. The van der Waals surface area contributed by atoms with E-state index >= 15 is 0 Å². The first-order chi connectivity index (χ1) is 11.7. The molecule has 1 saturated heterocycles. The van der Waals surface area contributed by atoms with E-state index in [1.165, 1.54) is 0 Å². The zero-order chi connectivity index (χ0) is 16.8. The number of nitrogens with zero attached hydrogens (tertiary/aromatic N) is 3. The van der Waals surface area contributed by atoms with Crippen LogP contribution in [0.15, 0.2) is 48.8 Å². The van der Waals surface area contributed by atoms with E-state index in [1.807, 2.05) is 54.2 Å². The number of amides is 1. The Kier molecular flexibility index (Phi) is 5.61. The Morgan fingerprint density at radius 3 is 2.96 bits per heavy atom. The van der Waals surface area contributed by atoms with Crippen molar-refractivity contribution >= 4 is 5.91 Å². The summed E-state index contributed by atoms with van der Waals surface area (Å²) in [6, 6.07) is 11.7. The van der Waals surface area contributed by atoms with E-state index < -0.39 is 0 Å². The summed E-state index contributed by atoms with van der Waals surface area (Å²) in [4.78, 5) is 14.6. The van der Waals surface area contributed by atoms with Crippen molar-refractivity contribution in [2.45, 2.75) is 32.2 Å². The lowest BCUT2D eigenvalue weighted by molar-refractivity contribution is -0.129. The summed E-state index contributed by atoms with van der Waals surface area (Å²) in [7, 11) is 0. The Labute approximate surface area is 142 Å². The van der Waals surface area contributed by atoms with E-state index in [1.54, 1.807) is 6.20 Å². The van der Waals surface area contributed by atoms with Crippen LogP contribution in [-0.4, -0.2) is 52.4 Å². The quantitative estimate of drug-likeness (QED) is 0.868. The number of carbonyl (C=O) groups excluding carboxylic acids is 1. The molecular formula is C18H24N4O2. The Bertz CT molecular complexity index is 630. The fourth-order valence-corrected chi connectivity index (χ4v) is 2.92. The minimum atomic E-state index is -0.169. The van der Waals surface area contributed by atoms with Gasteiger partial charge in [-0.05, 0) is 18.6 Å². The van der Waals surface area contributed by atoms with Gasteiger partial charge in [-0.25, -0.2) is 0 Å². The number of benzene rings is 1. The third kappa shape index (κ3) is 4.43. The zero-order valence-corrected chi connectivity index (χ0v) is 14.0. The molecule has 1 aromatic heterocycles. The number of morpholine rings is 1. The highest BCUT2D eigenvalue weighted by Crippen LogP contribution is 2.11. The van der Waals surface area contributed by atoms with Crippen LogP contribution in [0.3, 0.4) is 0 Å². The normalized spacial score (nSPS) is 19.8. The summed E-state index contributed by atoms with van der Waals surface area (Å²) in [6.45, 7) is 5.38. The highest BCUT2D eigenvalue weighted by atomic mass is 16.5. The molecule has 6 nitrogen and oxygen atoms in total. The molecule has 0 spiro atoms. The minimum absolute atomic E-state index is 0.0543. The van der Waals surface area contributed by atoms with Crippen LogP contribution in [0.1, 0.15) is 12.5 Å². The number of ether oxygens (including phenoxy) is 1. The predicted molar refractivity (Wildman–Crippen MR) is 91.3 cm³/mol. The fourth-order valence-electron chi connectivity index (χ4n) is 2.92. The van der Waals surface area contributed by atoms with Gasteiger partial charge in [0.25, 0.3) is 0 Å². The van der Waals surface area contributed by atoms with Gasteiger partial charge in [-0.15, -0.1) is 0 Å². The van der Waals surface area contributed by atoms with Crippen molar-refractivity contribution in [3.05, 3.63) is 54.4 Å². The maximum Gasteiger partial charge on any atom is 0.237 e. The standard InChI is InChI=1S/C18H24N4O2/c1-15(18(23)19-12-16-6-3-2-4-7-16)21-10-11-24-17(13-21)14-22-9-5-8-20-22/h2-9,15,17H,10-14H2,1H3,(H,19,23)/t15-,17-/m1/s1. The minimum Gasteiger partial charge on any atom is -0.374 e. The number of hydrogen-bond donors (Lipinski definition) is 1. The largest absolute Gasteiger partial charge is 0.374 e. The Balaban J connectivity index is 1.49. The molecule has 1 fully saturated rings. The topological polar surface area (TPSA) is 59.4 Å². The summed E-state index contributed by atoms with van der Waals surface area (Å²) in [5.74, 6) is 0.0543. The number of rotatable bonds is 6. The van der Waals surface area contributed by atoms with E-state index in [0.717, 1.165) is 18.7 Å². The first-order valence-electron chi connectivity index (χ1n) is 8.37. The first-order valence-corrected chi connectivity index (χ1v) is 8.37. The van der Waals surface area contributed by atoms with Crippen LogP contribution in [0.4, 0.5) is 0 Å². The molecule has 0 radical (unpaired) electrons. The van der Waals surface area contributed by atoms with Gasteiger partial charge in [0.05, 0.1) is 25.3 Å². The van der Waals surface area contributed by atoms with Crippen molar-refractivity contribution in [3.8, 4) is 0 Å². The van der Waals surface area contributed by atoms with E-state index in [9.17, 15) is 4.79 Å². The average molecular weight is 328 g/mol. The average Bonchev–Trinajstić information content (AvgIpc) is 3.13. The van der Waals surface area contributed by atoms with Crippen molar-refractivity contribution in [3.63, 3.8) is 0 Å². The van der Waals surface area contributed by atoms with Gasteiger partial charge >= 0.3 is 0 Å². The second-order valence-corrected chi connectivity index (χ2v) is 6.10. The summed E-state index contributed by atoms with van der Waals surface area (Å²) in [6.07, 6.45) is 3.75. The molecular weight excluding hydrogens is 304 g/mol. The smallest absolute Gasteiger partial charge is 0.237 e. The van der Waals surface area contributed by atoms with Gasteiger partial charge in [-0.1, -0.05) is 30.3 Å².